The number of ether oxygens (including phenoxy) is 1. The van der Waals surface area contributed by atoms with Crippen molar-refractivity contribution in [1.82, 2.24) is 0 Å². The maximum absolute atomic E-state index is 10.7. The summed E-state index contributed by atoms with van der Waals surface area (Å²) in [6, 6.07) is 2.46. The van der Waals surface area contributed by atoms with Crippen molar-refractivity contribution in [2.45, 2.75) is 64.1 Å². The van der Waals surface area contributed by atoms with Gasteiger partial charge in [-0.3, -0.25) is 0 Å². The van der Waals surface area contributed by atoms with Crippen LogP contribution in [0.15, 0.2) is 0 Å². The van der Waals surface area contributed by atoms with E-state index in [1.165, 1.54) is 0 Å². The lowest BCUT2D eigenvalue weighted by atomic mass is 9.54. The van der Waals surface area contributed by atoms with Gasteiger partial charge < -0.3 is 9.84 Å². The average molecular weight is 251 g/mol. The second-order valence-electron chi connectivity index (χ2n) is 6.57. The summed E-state index contributed by atoms with van der Waals surface area (Å²) in [5, 5.41) is 20.3. The van der Waals surface area contributed by atoms with E-state index in [2.05, 4.69) is 19.9 Å². The molecule has 0 heterocycles. The van der Waals surface area contributed by atoms with Gasteiger partial charge in [-0.05, 0) is 37.5 Å². The van der Waals surface area contributed by atoms with Crippen molar-refractivity contribution in [1.29, 1.82) is 5.26 Å². The molecule has 102 valence electrons. The highest BCUT2D eigenvalue weighted by atomic mass is 16.5. The second-order valence-corrected chi connectivity index (χ2v) is 6.57. The highest BCUT2D eigenvalue weighted by Crippen LogP contribution is 2.55. The molecule has 2 saturated carbocycles. The molecule has 2 aliphatic rings. The van der Waals surface area contributed by atoms with Gasteiger partial charge in [0.1, 0.15) is 0 Å². The number of nitriles is 1. The van der Waals surface area contributed by atoms with Crippen LogP contribution in [0.2, 0.25) is 0 Å². The Labute approximate surface area is 110 Å². The summed E-state index contributed by atoms with van der Waals surface area (Å²) in [7, 11) is 1.68. The lowest BCUT2D eigenvalue weighted by Crippen LogP contribution is -2.60. The van der Waals surface area contributed by atoms with E-state index < -0.39 is 11.0 Å². The van der Waals surface area contributed by atoms with Crippen LogP contribution in [0.3, 0.4) is 0 Å². The van der Waals surface area contributed by atoms with Crippen molar-refractivity contribution in [2.75, 3.05) is 7.11 Å². The Hall–Kier alpha value is -0.590. The number of nitrogens with zero attached hydrogens (tertiary/aromatic N) is 1. The molecule has 0 aliphatic heterocycles. The van der Waals surface area contributed by atoms with Crippen molar-refractivity contribution in [3.8, 4) is 6.07 Å². The van der Waals surface area contributed by atoms with Crippen LogP contribution < -0.4 is 0 Å². The third-order valence-corrected chi connectivity index (χ3v) is 5.40. The van der Waals surface area contributed by atoms with E-state index in [0.29, 0.717) is 24.7 Å². The van der Waals surface area contributed by atoms with Crippen LogP contribution in [0.5, 0.6) is 0 Å². The topological polar surface area (TPSA) is 53.2 Å². The number of hydrogen-bond donors (Lipinski definition) is 1. The van der Waals surface area contributed by atoms with Crippen molar-refractivity contribution >= 4 is 0 Å². The van der Waals surface area contributed by atoms with Crippen molar-refractivity contribution in [3.63, 3.8) is 0 Å². The molecule has 18 heavy (non-hydrogen) atoms. The molecule has 1 N–H and O–H groups in total. The van der Waals surface area contributed by atoms with Gasteiger partial charge in [-0.2, -0.15) is 5.26 Å². The average Bonchev–Trinajstić information content (AvgIpc) is 2.34. The molecule has 0 bridgehead atoms. The molecule has 3 nitrogen and oxygen atoms in total. The zero-order valence-corrected chi connectivity index (χ0v) is 11.8. The predicted molar refractivity (Wildman–Crippen MR) is 69.8 cm³/mol. The Kier molecular flexibility index (Phi) is 3.71. The Morgan fingerprint density at radius 3 is 2.22 bits per heavy atom. The molecule has 0 unspecified atom stereocenters. The maximum Gasteiger partial charge on any atom is 0.0882 e. The molecule has 2 fully saturated rings. The first-order chi connectivity index (χ1) is 8.46. The molecule has 0 atom stereocenters. The SMILES string of the molecule is COC1CC(O)(C2(C#N)CCC(C(C)C)CC2)C1. The van der Waals surface area contributed by atoms with Gasteiger partial charge in [0.15, 0.2) is 0 Å². The van der Waals surface area contributed by atoms with Crippen LogP contribution in [0.25, 0.3) is 0 Å². The maximum atomic E-state index is 10.7. The third-order valence-electron chi connectivity index (χ3n) is 5.40. The standard InChI is InChI=1S/C15H25NO2/c1-11(2)12-4-6-14(10-16,7-5-12)15(17)8-13(9-15)18-3/h11-13,17H,4-9H2,1-3H3. The quantitative estimate of drug-likeness (QED) is 0.839. The van der Waals surface area contributed by atoms with E-state index in [4.69, 9.17) is 4.74 Å². The minimum atomic E-state index is -0.801. The van der Waals surface area contributed by atoms with E-state index >= 15 is 0 Å². The van der Waals surface area contributed by atoms with Crippen LogP contribution in [0.1, 0.15) is 52.4 Å². The van der Waals surface area contributed by atoms with E-state index in [0.717, 1.165) is 25.7 Å². The Morgan fingerprint density at radius 1 is 1.28 bits per heavy atom. The molecule has 0 spiro atoms. The lowest BCUT2D eigenvalue weighted by molar-refractivity contribution is -0.190. The number of methoxy groups -OCH3 is 1. The van der Waals surface area contributed by atoms with E-state index in [-0.39, 0.29) is 6.10 Å². The second kappa shape index (κ2) is 4.83. The van der Waals surface area contributed by atoms with E-state index in [9.17, 15) is 10.4 Å². The lowest BCUT2D eigenvalue weighted by Gasteiger charge is -2.54. The van der Waals surface area contributed by atoms with Gasteiger partial charge in [0, 0.05) is 20.0 Å². The first kappa shape index (κ1) is 13.8. The summed E-state index contributed by atoms with van der Waals surface area (Å²) in [6.45, 7) is 4.51. The highest BCUT2D eigenvalue weighted by molar-refractivity contribution is 5.18. The third kappa shape index (κ3) is 2.06. The van der Waals surface area contributed by atoms with Gasteiger partial charge in [-0.15, -0.1) is 0 Å². The number of rotatable bonds is 3. The zero-order valence-electron chi connectivity index (χ0n) is 11.8. The molecule has 0 amide bonds. The van der Waals surface area contributed by atoms with Gasteiger partial charge >= 0.3 is 0 Å². The van der Waals surface area contributed by atoms with E-state index in [1.807, 2.05) is 0 Å². The molecular weight excluding hydrogens is 226 g/mol. The molecule has 2 rings (SSSR count). The van der Waals surface area contributed by atoms with Gasteiger partial charge in [-0.1, -0.05) is 13.8 Å². The molecule has 0 aromatic carbocycles. The Balaban J connectivity index is 2.04. The molecule has 0 aromatic heterocycles. The molecule has 2 aliphatic carbocycles. The fourth-order valence-electron chi connectivity index (χ4n) is 3.73. The smallest absolute Gasteiger partial charge is 0.0882 e. The van der Waals surface area contributed by atoms with Crippen molar-refractivity contribution in [2.24, 2.45) is 17.3 Å². The van der Waals surface area contributed by atoms with Crippen LogP contribution in [-0.4, -0.2) is 23.9 Å². The normalized spacial score (nSPS) is 44.4. The summed E-state index contributed by atoms with van der Waals surface area (Å²) in [5.41, 5.74) is -1.32. The Morgan fingerprint density at radius 2 is 1.83 bits per heavy atom. The molecule has 0 saturated heterocycles. The largest absolute Gasteiger partial charge is 0.388 e. The molecule has 0 radical (unpaired) electrons. The fraction of sp³-hybridized carbons (Fsp3) is 0.933. The van der Waals surface area contributed by atoms with Crippen molar-refractivity contribution in [3.05, 3.63) is 0 Å². The monoisotopic (exact) mass is 251 g/mol. The van der Waals surface area contributed by atoms with Crippen LogP contribution >= 0.6 is 0 Å². The van der Waals surface area contributed by atoms with Crippen LogP contribution in [-0.2, 0) is 4.74 Å². The van der Waals surface area contributed by atoms with Gasteiger partial charge in [0.2, 0.25) is 0 Å². The minimum Gasteiger partial charge on any atom is -0.388 e. The summed E-state index contributed by atoms with van der Waals surface area (Å²) < 4.78 is 5.25. The minimum absolute atomic E-state index is 0.142. The van der Waals surface area contributed by atoms with Crippen LogP contribution in [0, 0.1) is 28.6 Å². The summed E-state index contributed by atoms with van der Waals surface area (Å²) in [6.07, 6.45) is 5.24. The first-order valence-corrected chi connectivity index (χ1v) is 7.13. The van der Waals surface area contributed by atoms with E-state index in [1.54, 1.807) is 7.11 Å². The predicted octanol–water partition coefficient (Wildman–Crippen LogP) is 2.88. The Bertz CT molecular complexity index is 331. The zero-order chi connectivity index (χ0) is 13.4. The highest BCUT2D eigenvalue weighted by Gasteiger charge is 2.59. The summed E-state index contributed by atoms with van der Waals surface area (Å²) in [5.74, 6) is 1.40. The summed E-state index contributed by atoms with van der Waals surface area (Å²) >= 11 is 0. The van der Waals surface area contributed by atoms with Gasteiger partial charge in [0.25, 0.3) is 0 Å². The van der Waals surface area contributed by atoms with Gasteiger partial charge in [-0.25, -0.2) is 0 Å². The number of hydrogen-bond acceptors (Lipinski definition) is 3. The summed E-state index contributed by atoms with van der Waals surface area (Å²) in [4.78, 5) is 0. The first-order valence-electron chi connectivity index (χ1n) is 7.13. The molecule has 3 heteroatoms. The van der Waals surface area contributed by atoms with Gasteiger partial charge in [0.05, 0.1) is 23.2 Å². The molecular formula is C15H25NO2. The molecule has 0 aromatic rings. The number of aliphatic hydroxyl groups is 1. The van der Waals surface area contributed by atoms with Crippen molar-refractivity contribution < 1.29 is 9.84 Å². The van der Waals surface area contributed by atoms with Crippen LogP contribution in [0.4, 0.5) is 0 Å². The fourth-order valence-corrected chi connectivity index (χ4v) is 3.73.